The number of ether oxygens (including phenoxy) is 2. The van der Waals surface area contributed by atoms with Crippen molar-refractivity contribution in [1.29, 1.82) is 0 Å². The highest BCUT2D eigenvalue weighted by atomic mass is 28.4. The summed E-state index contributed by atoms with van der Waals surface area (Å²) in [5, 5.41) is 4.01. The lowest BCUT2D eigenvalue weighted by atomic mass is 9.65. The molecule has 0 amide bonds. The van der Waals surface area contributed by atoms with Gasteiger partial charge in [-0.1, -0.05) is 57.2 Å². The van der Waals surface area contributed by atoms with Gasteiger partial charge in [-0.2, -0.15) is 0 Å². The summed E-state index contributed by atoms with van der Waals surface area (Å²) in [6.07, 6.45) is 3.89. The summed E-state index contributed by atoms with van der Waals surface area (Å²) in [5.41, 5.74) is -0.482. The van der Waals surface area contributed by atoms with Crippen LogP contribution in [0.2, 0.25) is 18.1 Å². The maximum atomic E-state index is 14.5. The number of carbonyl (C=O) groups is 2. The van der Waals surface area contributed by atoms with Crippen molar-refractivity contribution in [1.82, 2.24) is 10.1 Å². The van der Waals surface area contributed by atoms with E-state index in [9.17, 15) is 9.59 Å². The SMILES string of the molecule is CC(C)(C)[Si](C)(C)OC12C(=O)C=CCC1[C@H](N1CCOCC1)c1onc(OCc3ccccc3)c1C2=O. The van der Waals surface area contributed by atoms with Crippen LogP contribution in [-0.4, -0.2) is 61.8 Å². The molecule has 2 aromatic rings. The number of ketones is 2. The monoisotopic (exact) mass is 524 g/mol. The highest BCUT2D eigenvalue weighted by Crippen LogP contribution is 2.54. The number of morpholine rings is 1. The Balaban J connectivity index is 1.64. The van der Waals surface area contributed by atoms with Crippen LogP contribution in [0.3, 0.4) is 0 Å². The first-order chi connectivity index (χ1) is 17.6. The number of allylic oxidation sites excluding steroid dienone is 1. The first-order valence-electron chi connectivity index (χ1n) is 13.0. The maximum Gasteiger partial charge on any atom is 0.265 e. The number of fused-ring (bicyclic) bond motifs is 2. The molecule has 0 bridgehead atoms. The van der Waals surface area contributed by atoms with E-state index in [2.05, 4.69) is 43.9 Å². The van der Waals surface area contributed by atoms with Crippen LogP contribution in [0, 0.1) is 5.92 Å². The first kappa shape index (κ1) is 26.0. The smallest absolute Gasteiger partial charge is 0.265 e. The number of Topliss-reactive ketones (excluding diaryl/α,β-unsaturated/α-hetero) is 1. The van der Waals surface area contributed by atoms with Gasteiger partial charge in [0.25, 0.3) is 5.88 Å². The van der Waals surface area contributed by atoms with E-state index < -0.39 is 25.6 Å². The summed E-state index contributed by atoms with van der Waals surface area (Å²) >= 11 is 0. The molecular weight excluding hydrogens is 488 g/mol. The second kappa shape index (κ2) is 9.61. The predicted molar refractivity (Wildman–Crippen MR) is 140 cm³/mol. The molecule has 1 aromatic carbocycles. The van der Waals surface area contributed by atoms with Gasteiger partial charge in [0.1, 0.15) is 12.2 Å². The number of carbonyl (C=O) groups excluding carboxylic acids is 2. The van der Waals surface area contributed by atoms with Crippen LogP contribution in [-0.2, 0) is 20.6 Å². The van der Waals surface area contributed by atoms with Gasteiger partial charge in [0.15, 0.2) is 25.5 Å². The summed E-state index contributed by atoms with van der Waals surface area (Å²) in [4.78, 5) is 30.6. The van der Waals surface area contributed by atoms with Gasteiger partial charge >= 0.3 is 0 Å². The normalized spacial score (nSPS) is 26.6. The molecule has 1 saturated heterocycles. The summed E-state index contributed by atoms with van der Waals surface area (Å²) in [5.74, 6) is -0.580. The van der Waals surface area contributed by atoms with Crippen LogP contribution < -0.4 is 4.74 Å². The molecule has 3 atom stereocenters. The molecule has 0 N–H and O–H groups in total. The Hall–Kier alpha value is -2.59. The topological polar surface area (TPSA) is 91.1 Å². The number of hydrogen-bond acceptors (Lipinski definition) is 8. The van der Waals surface area contributed by atoms with E-state index in [4.69, 9.17) is 18.4 Å². The van der Waals surface area contributed by atoms with Crippen molar-refractivity contribution in [2.75, 3.05) is 26.3 Å². The lowest BCUT2D eigenvalue weighted by molar-refractivity contribution is -0.137. The average Bonchev–Trinajstić information content (AvgIpc) is 3.28. The van der Waals surface area contributed by atoms with Gasteiger partial charge in [0, 0.05) is 19.0 Å². The molecule has 198 valence electrons. The number of benzene rings is 1. The number of nitrogens with zero attached hydrogens (tertiary/aromatic N) is 2. The average molecular weight is 525 g/mol. The minimum absolute atomic E-state index is 0.112. The van der Waals surface area contributed by atoms with Gasteiger partial charge in [0.2, 0.25) is 5.78 Å². The van der Waals surface area contributed by atoms with E-state index in [-0.39, 0.29) is 34.9 Å². The fourth-order valence-electron chi connectivity index (χ4n) is 5.32. The molecule has 0 radical (unpaired) electrons. The molecule has 2 unspecified atom stereocenters. The zero-order valence-corrected chi connectivity index (χ0v) is 23.3. The number of rotatable bonds is 6. The molecule has 2 heterocycles. The van der Waals surface area contributed by atoms with E-state index in [1.165, 1.54) is 6.08 Å². The van der Waals surface area contributed by atoms with Crippen LogP contribution in [0.15, 0.2) is 47.0 Å². The van der Waals surface area contributed by atoms with Crippen molar-refractivity contribution >= 4 is 19.9 Å². The third-order valence-electron chi connectivity index (χ3n) is 8.33. The maximum absolute atomic E-state index is 14.5. The van der Waals surface area contributed by atoms with Crippen LogP contribution in [0.1, 0.15) is 54.9 Å². The first-order valence-corrected chi connectivity index (χ1v) is 15.9. The summed E-state index contributed by atoms with van der Waals surface area (Å²) in [6.45, 7) is 13.2. The zero-order chi connectivity index (χ0) is 26.4. The van der Waals surface area contributed by atoms with Crippen molar-refractivity contribution in [3.05, 3.63) is 59.4 Å². The second-order valence-corrected chi connectivity index (χ2v) is 16.4. The Bertz CT molecular complexity index is 1190. The predicted octanol–water partition coefficient (Wildman–Crippen LogP) is 4.73. The van der Waals surface area contributed by atoms with Gasteiger partial charge in [-0.25, -0.2) is 0 Å². The van der Waals surface area contributed by atoms with Crippen molar-refractivity contribution in [3.8, 4) is 5.88 Å². The number of hydrogen-bond donors (Lipinski definition) is 0. The molecule has 0 saturated carbocycles. The Morgan fingerprint density at radius 2 is 1.84 bits per heavy atom. The van der Waals surface area contributed by atoms with Crippen molar-refractivity contribution in [3.63, 3.8) is 0 Å². The Morgan fingerprint density at radius 1 is 1.14 bits per heavy atom. The highest BCUT2D eigenvalue weighted by molar-refractivity contribution is 6.74. The molecule has 8 nitrogen and oxygen atoms in total. The van der Waals surface area contributed by atoms with Crippen LogP contribution >= 0.6 is 0 Å². The van der Waals surface area contributed by atoms with E-state index in [0.717, 1.165) is 5.56 Å². The molecular formula is C28H36N2O6Si. The van der Waals surface area contributed by atoms with Crippen molar-refractivity contribution in [2.24, 2.45) is 5.92 Å². The van der Waals surface area contributed by atoms with Crippen molar-refractivity contribution < 1.29 is 28.0 Å². The Labute approximate surface area is 219 Å². The largest absolute Gasteiger partial charge is 0.470 e. The van der Waals surface area contributed by atoms with Crippen LogP contribution in [0.4, 0.5) is 0 Å². The second-order valence-electron chi connectivity index (χ2n) is 11.6. The van der Waals surface area contributed by atoms with E-state index >= 15 is 0 Å². The minimum Gasteiger partial charge on any atom is -0.470 e. The molecule has 37 heavy (non-hydrogen) atoms. The van der Waals surface area contributed by atoms with Crippen molar-refractivity contribution in [2.45, 2.75) is 63.6 Å². The Kier molecular flexibility index (Phi) is 6.76. The molecule has 1 aliphatic heterocycles. The van der Waals surface area contributed by atoms with Gasteiger partial charge in [-0.05, 0) is 41.3 Å². The van der Waals surface area contributed by atoms with Gasteiger partial charge in [-0.15, -0.1) is 0 Å². The van der Waals surface area contributed by atoms with Gasteiger partial charge in [0.05, 0.1) is 19.3 Å². The third-order valence-corrected chi connectivity index (χ3v) is 12.8. The molecule has 0 spiro atoms. The molecule has 1 fully saturated rings. The standard InChI is InChI=1S/C28H36N2O6Si/c1-27(2,3)37(4,5)36-28-20(12-9-13-21(28)31)23(30-14-16-33-17-15-30)24-22(25(28)32)26(29-35-24)34-18-19-10-7-6-8-11-19/h6-11,13,20,23H,12,14-18H2,1-5H3/t20?,23-,28?/m0/s1. The van der Waals surface area contributed by atoms with Crippen LogP contribution in [0.5, 0.6) is 5.88 Å². The highest BCUT2D eigenvalue weighted by Gasteiger charge is 2.65. The molecule has 2 aliphatic carbocycles. The summed E-state index contributed by atoms with van der Waals surface area (Å²) in [6, 6.07) is 9.31. The van der Waals surface area contributed by atoms with Crippen LogP contribution in [0.25, 0.3) is 0 Å². The van der Waals surface area contributed by atoms with Gasteiger partial charge in [-0.3, -0.25) is 14.5 Å². The molecule has 5 rings (SSSR count). The molecule has 9 heteroatoms. The Morgan fingerprint density at radius 3 is 2.51 bits per heavy atom. The van der Waals surface area contributed by atoms with E-state index in [0.29, 0.717) is 38.5 Å². The lowest BCUT2D eigenvalue weighted by Crippen LogP contribution is -2.66. The number of aromatic nitrogens is 1. The minimum atomic E-state index is -2.57. The van der Waals surface area contributed by atoms with Gasteiger partial charge < -0.3 is 18.4 Å². The summed E-state index contributed by atoms with van der Waals surface area (Å²) in [7, 11) is -2.57. The third kappa shape index (κ3) is 4.41. The fraction of sp³-hybridized carbons (Fsp3) is 0.536. The lowest BCUT2D eigenvalue weighted by Gasteiger charge is -2.52. The van der Waals surface area contributed by atoms with E-state index in [1.54, 1.807) is 0 Å². The van der Waals surface area contributed by atoms with E-state index in [1.807, 2.05) is 36.4 Å². The molecule has 3 aliphatic rings. The zero-order valence-electron chi connectivity index (χ0n) is 22.3. The quantitative estimate of drug-likeness (QED) is 0.396. The summed E-state index contributed by atoms with van der Waals surface area (Å²) < 4.78 is 24.5. The molecule has 1 aromatic heterocycles. The fourth-order valence-corrected chi connectivity index (χ4v) is 6.78.